The number of amides is 1. The fourth-order valence-electron chi connectivity index (χ4n) is 6.13. The Hall–Kier alpha value is -2.11. The number of primary amides is 1. The Morgan fingerprint density at radius 1 is 1.46 bits per heavy atom. The fourth-order valence-corrected chi connectivity index (χ4v) is 6.13. The summed E-state index contributed by atoms with van der Waals surface area (Å²) in [6, 6.07) is 3.78. The van der Waals surface area contributed by atoms with Gasteiger partial charge in [-0.3, -0.25) is 9.69 Å². The van der Waals surface area contributed by atoms with Crippen molar-refractivity contribution in [3.05, 3.63) is 53.6 Å². The molecule has 1 saturated carbocycles. The van der Waals surface area contributed by atoms with E-state index in [9.17, 15) is 9.90 Å². The minimum Gasteiger partial charge on any atom is -0.484 e. The number of benzene rings is 1. The Balaban J connectivity index is 1.80. The molecule has 2 aliphatic heterocycles. The summed E-state index contributed by atoms with van der Waals surface area (Å²) >= 11 is 0. The van der Waals surface area contributed by atoms with Gasteiger partial charge < -0.3 is 15.6 Å². The van der Waals surface area contributed by atoms with E-state index >= 15 is 0 Å². The smallest absolute Gasteiger partial charge is 0.252 e. The van der Waals surface area contributed by atoms with Crippen molar-refractivity contribution in [1.29, 1.82) is 0 Å². The zero-order chi connectivity index (χ0) is 18.3. The number of hydrogen-bond donors (Lipinski definition) is 2. The van der Waals surface area contributed by atoms with E-state index in [-0.39, 0.29) is 12.1 Å². The molecule has 1 amide bonds. The summed E-state index contributed by atoms with van der Waals surface area (Å²) in [5, 5.41) is 12.0. The minimum atomic E-state index is -0.894. The van der Waals surface area contributed by atoms with Crippen LogP contribution in [0.3, 0.4) is 0 Å². The molecule has 26 heavy (non-hydrogen) atoms. The monoisotopic (exact) mass is 352 g/mol. The van der Waals surface area contributed by atoms with Crippen molar-refractivity contribution in [2.24, 2.45) is 5.73 Å². The average molecular weight is 352 g/mol. The molecule has 2 fully saturated rings. The van der Waals surface area contributed by atoms with Gasteiger partial charge in [0.2, 0.25) is 0 Å². The van der Waals surface area contributed by atoms with Crippen molar-refractivity contribution in [2.45, 2.75) is 48.8 Å². The number of hydrogen-bond acceptors (Lipinski definition) is 4. The molecule has 5 heteroatoms. The second kappa shape index (κ2) is 4.99. The molecule has 1 spiro atoms. The maximum Gasteiger partial charge on any atom is 0.252 e. The molecule has 2 bridgehead atoms. The van der Waals surface area contributed by atoms with E-state index < -0.39 is 16.9 Å². The highest BCUT2D eigenvalue weighted by Gasteiger charge is 2.71. The molecule has 0 unspecified atom stereocenters. The number of carbonyl (C=O) groups is 1. The van der Waals surface area contributed by atoms with Crippen LogP contribution in [0.15, 0.2) is 36.9 Å². The van der Waals surface area contributed by atoms with E-state index in [4.69, 9.17) is 10.5 Å². The van der Waals surface area contributed by atoms with Gasteiger partial charge in [0.05, 0.1) is 16.6 Å². The summed E-state index contributed by atoms with van der Waals surface area (Å²) in [6.45, 7) is 9.76. The molecule has 2 aliphatic carbocycles. The number of piperidine rings is 1. The van der Waals surface area contributed by atoms with Gasteiger partial charge in [-0.1, -0.05) is 18.7 Å². The van der Waals surface area contributed by atoms with Crippen LogP contribution in [0.2, 0.25) is 0 Å². The Morgan fingerprint density at radius 2 is 2.27 bits per heavy atom. The van der Waals surface area contributed by atoms with Gasteiger partial charge in [0.25, 0.3) is 5.91 Å². The minimum absolute atomic E-state index is 0.0197. The zero-order valence-electron chi connectivity index (χ0n) is 14.8. The molecule has 0 aromatic heterocycles. The number of likely N-dealkylation sites (tertiary alicyclic amines) is 1. The van der Waals surface area contributed by atoms with Gasteiger partial charge >= 0.3 is 0 Å². The van der Waals surface area contributed by atoms with E-state index in [0.29, 0.717) is 17.7 Å². The average Bonchev–Trinajstić information content (AvgIpc) is 2.95. The molecule has 5 rings (SSSR count). The lowest BCUT2D eigenvalue weighted by Gasteiger charge is -2.63. The molecule has 136 valence electrons. The third-order valence-corrected chi connectivity index (χ3v) is 7.17. The van der Waals surface area contributed by atoms with Crippen LogP contribution in [0.4, 0.5) is 0 Å². The number of rotatable bonds is 3. The van der Waals surface area contributed by atoms with Crippen LogP contribution < -0.4 is 10.5 Å². The molecule has 3 N–H and O–H groups in total. The Morgan fingerprint density at radius 3 is 3.00 bits per heavy atom. The highest BCUT2D eigenvalue weighted by molar-refractivity contribution is 5.97. The van der Waals surface area contributed by atoms with Crippen LogP contribution in [-0.4, -0.2) is 46.7 Å². The molecule has 2 heterocycles. The number of nitrogens with zero attached hydrogens (tertiary/aromatic N) is 1. The SMILES string of the molecule is C=CCN1CC[C@]23c4c5ccc(C(N)=O)c4O[C@H]2C(=C)CC[C@@]3(O)[C@H]1C5. The summed E-state index contributed by atoms with van der Waals surface area (Å²) in [6.07, 6.45) is 4.54. The van der Waals surface area contributed by atoms with Crippen molar-refractivity contribution in [3.8, 4) is 5.75 Å². The highest BCUT2D eigenvalue weighted by atomic mass is 16.5. The van der Waals surface area contributed by atoms with Gasteiger partial charge in [0.15, 0.2) is 0 Å². The first-order chi connectivity index (χ1) is 12.4. The van der Waals surface area contributed by atoms with E-state index in [0.717, 1.165) is 49.1 Å². The standard InChI is InChI=1S/C21H24N2O3/c1-3-9-23-10-8-20-16-13-4-5-14(19(22)24)17(16)26-18(20)12(2)6-7-21(20,25)15(23)11-13/h3-5,15,18,25H,1-2,6-11H2,(H2,22,24)/t15-,18+,20+,21-/m1/s1. The van der Waals surface area contributed by atoms with Crippen LogP contribution in [0, 0.1) is 0 Å². The Kier molecular flexibility index (Phi) is 3.09. The third-order valence-electron chi connectivity index (χ3n) is 7.17. The van der Waals surface area contributed by atoms with Crippen LogP contribution in [0.25, 0.3) is 0 Å². The molecule has 5 nitrogen and oxygen atoms in total. The van der Waals surface area contributed by atoms with Gasteiger partial charge in [-0.25, -0.2) is 0 Å². The highest BCUT2D eigenvalue weighted by Crippen LogP contribution is 2.65. The van der Waals surface area contributed by atoms with E-state index in [2.05, 4.69) is 18.1 Å². The first-order valence-electron chi connectivity index (χ1n) is 9.32. The van der Waals surface area contributed by atoms with Crippen molar-refractivity contribution in [1.82, 2.24) is 4.90 Å². The summed E-state index contributed by atoms with van der Waals surface area (Å²) in [7, 11) is 0. The number of carbonyl (C=O) groups excluding carboxylic acids is 1. The molecule has 1 aromatic carbocycles. The molecule has 1 saturated heterocycles. The molecule has 1 aromatic rings. The van der Waals surface area contributed by atoms with Crippen LogP contribution >= 0.6 is 0 Å². The maximum absolute atomic E-state index is 12.0. The first-order valence-corrected chi connectivity index (χ1v) is 9.32. The molecular formula is C21H24N2O3. The van der Waals surface area contributed by atoms with E-state index in [1.807, 2.05) is 12.1 Å². The van der Waals surface area contributed by atoms with Crippen molar-refractivity contribution in [3.63, 3.8) is 0 Å². The van der Waals surface area contributed by atoms with Gasteiger partial charge in [-0.05, 0) is 42.9 Å². The van der Waals surface area contributed by atoms with Crippen molar-refractivity contribution < 1.29 is 14.6 Å². The summed E-state index contributed by atoms with van der Waals surface area (Å²) in [4.78, 5) is 14.3. The van der Waals surface area contributed by atoms with Gasteiger partial charge in [0, 0.05) is 24.7 Å². The second-order valence-electron chi connectivity index (χ2n) is 8.15. The number of ether oxygens (including phenoxy) is 1. The normalized spacial score (nSPS) is 37.0. The third kappa shape index (κ3) is 1.62. The maximum atomic E-state index is 12.0. The van der Waals surface area contributed by atoms with E-state index in [1.165, 1.54) is 0 Å². The van der Waals surface area contributed by atoms with Gasteiger partial charge in [0.1, 0.15) is 11.9 Å². The van der Waals surface area contributed by atoms with Gasteiger partial charge in [-0.15, -0.1) is 6.58 Å². The lowest BCUT2D eigenvalue weighted by atomic mass is 9.48. The topological polar surface area (TPSA) is 75.8 Å². The number of nitrogens with two attached hydrogens (primary N) is 1. The van der Waals surface area contributed by atoms with Crippen LogP contribution in [0.1, 0.15) is 40.7 Å². The predicted octanol–water partition coefficient (Wildman–Crippen LogP) is 1.68. The Bertz CT molecular complexity index is 863. The van der Waals surface area contributed by atoms with Crippen LogP contribution in [0.5, 0.6) is 5.75 Å². The Labute approximate surface area is 153 Å². The summed E-state index contributed by atoms with van der Waals surface area (Å²) in [5.41, 5.74) is 7.77. The molecular weight excluding hydrogens is 328 g/mol. The largest absolute Gasteiger partial charge is 0.484 e. The second-order valence-corrected chi connectivity index (χ2v) is 8.15. The van der Waals surface area contributed by atoms with Gasteiger partial charge in [-0.2, -0.15) is 0 Å². The zero-order valence-corrected chi connectivity index (χ0v) is 14.8. The summed E-state index contributed by atoms with van der Waals surface area (Å²) in [5.74, 6) is 0.0929. The van der Waals surface area contributed by atoms with E-state index in [1.54, 1.807) is 6.07 Å². The van der Waals surface area contributed by atoms with Crippen molar-refractivity contribution >= 4 is 5.91 Å². The van der Waals surface area contributed by atoms with Crippen molar-refractivity contribution in [2.75, 3.05) is 13.1 Å². The first kappa shape index (κ1) is 16.1. The lowest BCUT2D eigenvalue weighted by molar-refractivity contribution is -0.171. The fraction of sp³-hybridized carbons (Fsp3) is 0.476. The molecule has 4 aliphatic rings. The molecule has 4 atom stereocenters. The summed E-state index contributed by atoms with van der Waals surface area (Å²) < 4.78 is 6.34. The quantitative estimate of drug-likeness (QED) is 0.812. The number of aliphatic hydroxyl groups is 1. The molecule has 0 radical (unpaired) electrons. The lowest BCUT2D eigenvalue weighted by Crippen LogP contribution is -2.75. The predicted molar refractivity (Wildman–Crippen MR) is 98.3 cm³/mol. The van der Waals surface area contributed by atoms with Crippen LogP contribution in [-0.2, 0) is 11.8 Å².